The highest BCUT2D eigenvalue weighted by Crippen LogP contribution is 2.17. The van der Waals surface area contributed by atoms with Crippen LogP contribution >= 0.6 is 0 Å². The minimum Gasteiger partial charge on any atom is -0.363 e. The predicted molar refractivity (Wildman–Crippen MR) is 78.1 cm³/mol. The molecule has 0 spiro atoms. The average Bonchev–Trinajstić information content (AvgIpc) is 2.86. The molecule has 0 unspecified atom stereocenters. The highest BCUT2D eigenvalue weighted by atomic mass is 16.5. The van der Waals surface area contributed by atoms with E-state index in [1.54, 1.807) is 25.3 Å². The Kier molecular flexibility index (Phi) is 3.93. The van der Waals surface area contributed by atoms with Gasteiger partial charge in [-0.05, 0) is 26.0 Å². The smallest absolute Gasteiger partial charge is 0.253 e. The third kappa shape index (κ3) is 3.36. The van der Waals surface area contributed by atoms with Gasteiger partial charge in [0.25, 0.3) is 5.91 Å². The zero-order valence-electron chi connectivity index (χ0n) is 12.8. The summed E-state index contributed by atoms with van der Waals surface area (Å²) in [5.74, 6) is 1.45. The topological polar surface area (TPSA) is 84.2 Å². The number of amides is 1. The van der Waals surface area contributed by atoms with Gasteiger partial charge in [-0.1, -0.05) is 5.16 Å². The maximum Gasteiger partial charge on any atom is 0.253 e. The van der Waals surface area contributed by atoms with E-state index in [0.717, 1.165) is 5.82 Å². The number of hydrogen-bond acceptors (Lipinski definition) is 6. The molecule has 7 heteroatoms. The first-order chi connectivity index (χ1) is 9.79. The lowest BCUT2D eigenvalue weighted by Crippen LogP contribution is -2.41. The van der Waals surface area contributed by atoms with E-state index in [9.17, 15) is 4.79 Å². The minimum absolute atomic E-state index is 0.236. The maximum atomic E-state index is 12.3. The van der Waals surface area contributed by atoms with Crippen LogP contribution < -0.4 is 10.2 Å². The third-order valence-electron chi connectivity index (χ3n) is 2.98. The van der Waals surface area contributed by atoms with Crippen LogP contribution in [0.25, 0.3) is 0 Å². The third-order valence-corrected chi connectivity index (χ3v) is 2.98. The fourth-order valence-corrected chi connectivity index (χ4v) is 1.75. The predicted octanol–water partition coefficient (Wildman–Crippen LogP) is 1.50. The van der Waals surface area contributed by atoms with Crippen molar-refractivity contribution in [3.63, 3.8) is 0 Å². The first kappa shape index (κ1) is 15.0. The number of aromatic nitrogens is 3. The van der Waals surface area contributed by atoms with Crippen molar-refractivity contribution in [1.82, 2.24) is 20.4 Å². The van der Waals surface area contributed by atoms with Gasteiger partial charge in [-0.3, -0.25) is 4.79 Å². The molecule has 2 aromatic heterocycles. The molecule has 112 valence electrons. The van der Waals surface area contributed by atoms with E-state index in [-0.39, 0.29) is 5.91 Å². The van der Waals surface area contributed by atoms with Gasteiger partial charge in [-0.25, -0.2) is 4.98 Å². The summed E-state index contributed by atoms with van der Waals surface area (Å²) in [4.78, 5) is 22.5. The first-order valence-corrected chi connectivity index (χ1v) is 6.56. The Balaban J connectivity index is 2.13. The van der Waals surface area contributed by atoms with Crippen LogP contribution in [0.4, 0.5) is 5.82 Å². The zero-order valence-corrected chi connectivity index (χ0v) is 12.8. The molecule has 0 fully saturated rings. The summed E-state index contributed by atoms with van der Waals surface area (Å²) < 4.78 is 4.95. The van der Waals surface area contributed by atoms with Crippen molar-refractivity contribution >= 4 is 11.7 Å². The Labute approximate surface area is 123 Å². The van der Waals surface area contributed by atoms with Crippen LogP contribution in [0.1, 0.15) is 35.9 Å². The summed E-state index contributed by atoms with van der Waals surface area (Å²) in [6.45, 7) is 5.34. The number of hydrogen-bond donors (Lipinski definition) is 1. The number of anilines is 1. The largest absolute Gasteiger partial charge is 0.363 e. The molecule has 0 atom stereocenters. The Hall–Kier alpha value is -2.44. The van der Waals surface area contributed by atoms with E-state index in [1.165, 1.54) is 0 Å². The van der Waals surface area contributed by atoms with Crippen molar-refractivity contribution in [3.05, 3.63) is 35.6 Å². The number of pyridine rings is 1. The second-order valence-corrected chi connectivity index (χ2v) is 5.52. The van der Waals surface area contributed by atoms with Gasteiger partial charge in [0, 0.05) is 27.2 Å². The van der Waals surface area contributed by atoms with Gasteiger partial charge in [0.15, 0.2) is 5.82 Å². The number of rotatable bonds is 4. The Morgan fingerprint density at radius 1 is 1.33 bits per heavy atom. The summed E-state index contributed by atoms with van der Waals surface area (Å²) >= 11 is 0. The number of carbonyl (C=O) groups excluding carboxylic acids is 1. The normalized spacial score (nSPS) is 11.3. The molecular weight excluding hydrogens is 270 g/mol. The minimum atomic E-state index is -0.727. The summed E-state index contributed by atoms with van der Waals surface area (Å²) in [6.07, 6.45) is 1.54. The van der Waals surface area contributed by atoms with Crippen molar-refractivity contribution < 1.29 is 9.32 Å². The molecule has 2 heterocycles. The van der Waals surface area contributed by atoms with Crippen molar-refractivity contribution in [1.29, 1.82) is 0 Å². The summed E-state index contributed by atoms with van der Waals surface area (Å²) in [5, 5.41) is 6.72. The van der Waals surface area contributed by atoms with Gasteiger partial charge in [0.1, 0.15) is 5.82 Å². The molecule has 0 saturated carbocycles. The lowest BCUT2D eigenvalue weighted by atomic mass is 10.0. The van der Waals surface area contributed by atoms with Crippen LogP contribution in [-0.2, 0) is 5.54 Å². The molecule has 0 radical (unpaired) electrons. The molecule has 0 bridgehead atoms. The fraction of sp³-hybridized carbons (Fsp3) is 0.429. The standard InChI is InChI=1S/C14H19N5O2/c1-9-16-13(18-21-9)14(2,3)17-12(20)10-6-7-11(15-8-10)19(4)5/h6-8H,1-5H3,(H,17,20). The molecule has 7 nitrogen and oxygen atoms in total. The van der Waals surface area contributed by atoms with Crippen molar-refractivity contribution in [2.24, 2.45) is 0 Å². The van der Waals surface area contributed by atoms with Crippen LogP contribution in [0.3, 0.4) is 0 Å². The van der Waals surface area contributed by atoms with Gasteiger partial charge in [0.05, 0.1) is 11.1 Å². The zero-order chi connectivity index (χ0) is 15.6. The fourth-order valence-electron chi connectivity index (χ4n) is 1.75. The van der Waals surface area contributed by atoms with Crippen LogP contribution in [0.5, 0.6) is 0 Å². The summed E-state index contributed by atoms with van der Waals surface area (Å²) in [7, 11) is 3.79. The Morgan fingerprint density at radius 2 is 2.05 bits per heavy atom. The van der Waals surface area contributed by atoms with E-state index in [2.05, 4.69) is 20.4 Å². The van der Waals surface area contributed by atoms with Gasteiger partial charge in [-0.2, -0.15) is 4.98 Å². The molecule has 21 heavy (non-hydrogen) atoms. The highest BCUT2D eigenvalue weighted by Gasteiger charge is 2.28. The quantitative estimate of drug-likeness (QED) is 0.918. The van der Waals surface area contributed by atoms with Gasteiger partial charge >= 0.3 is 0 Å². The first-order valence-electron chi connectivity index (χ1n) is 6.56. The van der Waals surface area contributed by atoms with Crippen LogP contribution in [0, 0.1) is 6.92 Å². The molecule has 2 aromatic rings. The SMILES string of the molecule is Cc1nc(C(C)(C)NC(=O)c2ccc(N(C)C)nc2)no1. The van der Waals surface area contributed by atoms with Crippen molar-refractivity contribution in [2.45, 2.75) is 26.3 Å². The van der Waals surface area contributed by atoms with E-state index in [0.29, 0.717) is 17.3 Å². The molecule has 0 aliphatic rings. The molecule has 2 rings (SSSR count). The van der Waals surface area contributed by atoms with Gasteiger partial charge in [-0.15, -0.1) is 0 Å². The van der Waals surface area contributed by atoms with Crippen LogP contribution in [0.2, 0.25) is 0 Å². The summed E-state index contributed by atoms with van der Waals surface area (Å²) in [6, 6.07) is 3.52. The number of aryl methyl sites for hydroxylation is 1. The molecule has 1 N–H and O–H groups in total. The van der Waals surface area contributed by atoms with Gasteiger partial charge in [0.2, 0.25) is 5.89 Å². The van der Waals surface area contributed by atoms with Crippen molar-refractivity contribution in [2.75, 3.05) is 19.0 Å². The van der Waals surface area contributed by atoms with E-state index in [1.807, 2.05) is 32.8 Å². The molecule has 0 saturated heterocycles. The lowest BCUT2D eigenvalue weighted by molar-refractivity contribution is 0.0907. The number of nitrogens with zero attached hydrogens (tertiary/aromatic N) is 4. The Bertz CT molecular complexity index is 631. The van der Waals surface area contributed by atoms with E-state index < -0.39 is 5.54 Å². The second-order valence-electron chi connectivity index (χ2n) is 5.52. The summed E-state index contributed by atoms with van der Waals surface area (Å²) in [5.41, 5.74) is -0.247. The average molecular weight is 289 g/mol. The second kappa shape index (κ2) is 5.51. The molecule has 0 aliphatic heterocycles. The van der Waals surface area contributed by atoms with Crippen LogP contribution in [0.15, 0.2) is 22.9 Å². The van der Waals surface area contributed by atoms with E-state index >= 15 is 0 Å². The maximum absolute atomic E-state index is 12.3. The number of nitrogens with one attached hydrogen (secondary N) is 1. The van der Waals surface area contributed by atoms with Crippen molar-refractivity contribution in [3.8, 4) is 0 Å². The highest BCUT2D eigenvalue weighted by molar-refractivity contribution is 5.94. The lowest BCUT2D eigenvalue weighted by Gasteiger charge is -2.22. The van der Waals surface area contributed by atoms with E-state index in [4.69, 9.17) is 4.52 Å². The number of carbonyl (C=O) groups is 1. The molecule has 1 amide bonds. The molecule has 0 aliphatic carbocycles. The molecule has 0 aromatic carbocycles. The molecular formula is C14H19N5O2. The monoisotopic (exact) mass is 289 g/mol. The van der Waals surface area contributed by atoms with Gasteiger partial charge < -0.3 is 14.7 Å². The Morgan fingerprint density at radius 3 is 2.52 bits per heavy atom. The van der Waals surface area contributed by atoms with Crippen LogP contribution in [-0.4, -0.2) is 35.1 Å².